The minimum absolute atomic E-state index is 0.0731. The van der Waals surface area contributed by atoms with Crippen LogP contribution in [0, 0.1) is 6.92 Å². The fourth-order valence-electron chi connectivity index (χ4n) is 2.92. The number of ether oxygens (including phenoxy) is 1. The molecule has 6 nitrogen and oxygen atoms in total. The van der Waals surface area contributed by atoms with Crippen LogP contribution < -0.4 is 20.3 Å². The van der Waals surface area contributed by atoms with Gasteiger partial charge in [0.05, 0.1) is 17.3 Å². The number of anilines is 2. The highest BCUT2D eigenvalue weighted by molar-refractivity contribution is 6.34. The highest BCUT2D eigenvalue weighted by atomic mass is 35.5. The summed E-state index contributed by atoms with van der Waals surface area (Å²) in [5.74, 6) is 0.847. The number of urea groups is 1. The molecule has 0 atom stereocenters. The van der Waals surface area contributed by atoms with Gasteiger partial charge < -0.3 is 20.3 Å². The fraction of sp³-hybridized carbons (Fsp3) is 0.300. The van der Waals surface area contributed by atoms with Crippen LogP contribution in [0.3, 0.4) is 0 Å². The van der Waals surface area contributed by atoms with Crippen LogP contribution in [0.4, 0.5) is 16.2 Å². The summed E-state index contributed by atoms with van der Waals surface area (Å²) < 4.78 is 5.59. The summed E-state index contributed by atoms with van der Waals surface area (Å²) in [6.07, 6.45) is 1.38. The molecule has 0 saturated carbocycles. The van der Waals surface area contributed by atoms with Gasteiger partial charge in [-0.15, -0.1) is 0 Å². The summed E-state index contributed by atoms with van der Waals surface area (Å²) in [6.45, 7) is 3.41. The largest absolute Gasteiger partial charge is 0.492 e. The molecule has 0 unspecified atom stereocenters. The molecule has 1 heterocycles. The number of benzene rings is 2. The molecule has 0 bridgehead atoms. The number of nitrogens with zero attached hydrogens (tertiary/aromatic N) is 1. The van der Waals surface area contributed by atoms with Crippen LogP contribution in [-0.4, -0.2) is 31.6 Å². The minimum atomic E-state index is -0.344. The van der Waals surface area contributed by atoms with Crippen LogP contribution in [0.15, 0.2) is 42.5 Å². The van der Waals surface area contributed by atoms with E-state index < -0.39 is 0 Å². The number of carbonyl (C=O) groups is 2. The first-order valence-electron chi connectivity index (χ1n) is 8.87. The lowest BCUT2D eigenvalue weighted by atomic mass is 10.2. The van der Waals surface area contributed by atoms with Gasteiger partial charge in [0.15, 0.2) is 0 Å². The van der Waals surface area contributed by atoms with Gasteiger partial charge in [-0.3, -0.25) is 4.79 Å². The van der Waals surface area contributed by atoms with Crippen molar-refractivity contribution >= 4 is 34.9 Å². The van der Waals surface area contributed by atoms with E-state index in [0.717, 1.165) is 17.7 Å². The van der Waals surface area contributed by atoms with E-state index in [0.29, 0.717) is 42.5 Å². The number of hydrogen-bond donors (Lipinski definition) is 2. The first kappa shape index (κ1) is 19.0. The Hall–Kier alpha value is -2.73. The van der Waals surface area contributed by atoms with Gasteiger partial charge >= 0.3 is 6.03 Å². The Bertz CT molecular complexity index is 841. The molecular formula is C20H22ClN3O3. The van der Waals surface area contributed by atoms with Crippen molar-refractivity contribution in [2.24, 2.45) is 0 Å². The molecule has 7 heteroatoms. The Morgan fingerprint density at radius 3 is 2.81 bits per heavy atom. The van der Waals surface area contributed by atoms with Crippen molar-refractivity contribution in [3.05, 3.63) is 53.1 Å². The number of carbonyl (C=O) groups excluding carboxylic acids is 2. The molecule has 27 heavy (non-hydrogen) atoms. The maximum atomic E-state index is 12.0. The maximum Gasteiger partial charge on any atom is 0.319 e. The number of aryl methyl sites for hydroxylation is 1. The van der Waals surface area contributed by atoms with E-state index in [2.05, 4.69) is 10.6 Å². The minimum Gasteiger partial charge on any atom is -0.492 e. The molecule has 2 aromatic carbocycles. The van der Waals surface area contributed by atoms with Crippen LogP contribution >= 0.6 is 11.6 Å². The molecule has 1 saturated heterocycles. The number of halogens is 1. The van der Waals surface area contributed by atoms with E-state index in [1.54, 1.807) is 23.1 Å². The Labute approximate surface area is 163 Å². The van der Waals surface area contributed by atoms with Crippen LogP contribution in [0.1, 0.15) is 18.4 Å². The Kier molecular flexibility index (Phi) is 6.19. The monoisotopic (exact) mass is 387 g/mol. The predicted octanol–water partition coefficient (Wildman–Crippen LogP) is 3.98. The van der Waals surface area contributed by atoms with Crippen molar-refractivity contribution in [2.45, 2.75) is 19.8 Å². The van der Waals surface area contributed by atoms with Crippen LogP contribution in [0.25, 0.3) is 0 Å². The molecule has 3 amide bonds. The standard InChI is InChI=1S/C20H22ClN3O3/c1-14-4-2-5-16(12-14)27-11-9-22-20(26)23-15-7-8-18(17(21)13-15)24-10-3-6-19(24)25/h2,4-5,7-8,12-13H,3,6,9-11H2,1H3,(H2,22,23,26). The Morgan fingerprint density at radius 2 is 2.11 bits per heavy atom. The van der Waals surface area contributed by atoms with Crippen molar-refractivity contribution < 1.29 is 14.3 Å². The molecule has 1 fully saturated rings. The molecule has 0 spiro atoms. The summed E-state index contributed by atoms with van der Waals surface area (Å²) >= 11 is 6.28. The van der Waals surface area contributed by atoms with Gasteiger partial charge in [0.1, 0.15) is 12.4 Å². The van der Waals surface area contributed by atoms with Crippen LogP contribution in [0.5, 0.6) is 5.75 Å². The molecule has 1 aliphatic heterocycles. The van der Waals surface area contributed by atoms with Crippen molar-refractivity contribution in [2.75, 3.05) is 29.9 Å². The van der Waals surface area contributed by atoms with Gasteiger partial charge in [-0.05, 0) is 49.2 Å². The topological polar surface area (TPSA) is 70.7 Å². The average molecular weight is 388 g/mol. The second-order valence-electron chi connectivity index (χ2n) is 6.36. The van der Waals surface area contributed by atoms with Crippen molar-refractivity contribution in [1.29, 1.82) is 0 Å². The molecule has 0 radical (unpaired) electrons. The van der Waals surface area contributed by atoms with E-state index in [-0.39, 0.29) is 11.9 Å². The van der Waals surface area contributed by atoms with Gasteiger partial charge in [-0.2, -0.15) is 0 Å². The lowest BCUT2D eigenvalue weighted by molar-refractivity contribution is -0.117. The van der Waals surface area contributed by atoms with Gasteiger partial charge in [-0.1, -0.05) is 23.7 Å². The van der Waals surface area contributed by atoms with Gasteiger partial charge in [-0.25, -0.2) is 4.79 Å². The highest BCUT2D eigenvalue weighted by Gasteiger charge is 2.23. The second kappa shape index (κ2) is 8.77. The lowest BCUT2D eigenvalue weighted by Crippen LogP contribution is -2.32. The third-order valence-electron chi connectivity index (χ3n) is 4.22. The molecule has 3 rings (SSSR count). The van der Waals surface area contributed by atoms with E-state index in [4.69, 9.17) is 16.3 Å². The molecule has 0 aliphatic carbocycles. The van der Waals surface area contributed by atoms with Gasteiger partial charge in [0.2, 0.25) is 5.91 Å². The zero-order valence-electron chi connectivity index (χ0n) is 15.1. The highest BCUT2D eigenvalue weighted by Crippen LogP contribution is 2.31. The van der Waals surface area contributed by atoms with E-state index >= 15 is 0 Å². The molecule has 1 aliphatic rings. The number of nitrogens with one attached hydrogen (secondary N) is 2. The van der Waals surface area contributed by atoms with Crippen molar-refractivity contribution in [3.8, 4) is 5.75 Å². The van der Waals surface area contributed by atoms with Crippen molar-refractivity contribution in [3.63, 3.8) is 0 Å². The van der Waals surface area contributed by atoms with Gasteiger partial charge in [0.25, 0.3) is 0 Å². The molecule has 0 aromatic heterocycles. The smallest absolute Gasteiger partial charge is 0.319 e. The summed E-state index contributed by atoms with van der Waals surface area (Å²) in [5, 5.41) is 5.89. The fourth-order valence-corrected chi connectivity index (χ4v) is 3.20. The van der Waals surface area contributed by atoms with E-state index in [1.165, 1.54) is 0 Å². The SMILES string of the molecule is Cc1cccc(OCCNC(=O)Nc2ccc(N3CCCC3=O)c(Cl)c2)c1. The summed E-state index contributed by atoms with van der Waals surface area (Å²) in [5.41, 5.74) is 2.36. The Balaban J connectivity index is 1.46. The number of hydrogen-bond acceptors (Lipinski definition) is 3. The lowest BCUT2D eigenvalue weighted by Gasteiger charge is -2.18. The van der Waals surface area contributed by atoms with Crippen LogP contribution in [0.2, 0.25) is 5.02 Å². The summed E-state index contributed by atoms with van der Waals surface area (Å²) in [4.78, 5) is 25.5. The first-order valence-corrected chi connectivity index (χ1v) is 9.25. The zero-order chi connectivity index (χ0) is 19.2. The number of rotatable bonds is 6. The van der Waals surface area contributed by atoms with Gasteiger partial charge in [0, 0.05) is 18.7 Å². The summed E-state index contributed by atoms with van der Waals surface area (Å²) in [6, 6.07) is 12.5. The van der Waals surface area contributed by atoms with E-state index in [1.807, 2.05) is 31.2 Å². The van der Waals surface area contributed by atoms with E-state index in [9.17, 15) is 9.59 Å². The third kappa shape index (κ3) is 5.14. The zero-order valence-corrected chi connectivity index (χ0v) is 15.9. The normalized spacial score (nSPS) is 13.6. The third-order valence-corrected chi connectivity index (χ3v) is 4.52. The Morgan fingerprint density at radius 1 is 1.26 bits per heavy atom. The first-order chi connectivity index (χ1) is 13.0. The summed E-state index contributed by atoms with van der Waals surface area (Å²) in [7, 11) is 0. The number of amides is 3. The molecular weight excluding hydrogens is 366 g/mol. The molecule has 2 N–H and O–H groups in total. The second-order valence-corrected chi connectivity index (χ2v) is 6.77. The molecule has 2 aromatic rings. The maximum absolute atomic E-state index is 12.0. The van der Waals surface area contributed by atoms with Crippen LogP contribution in [-0.2, 0) is 4.79 Å². The predicted molar refractivity (Wildman–Crippen MR) is 107 cm³/mol. The van der Waals surface area contributed by atoms with Crippen molar-refractivity contribution in [1.82, 2.24) is 5.32 Å². The quantitative estimate of drug-likeness (QED) is 0.736. The average Bonchev–Trinajstić information content (AvgIpc) is 3.05. The molecule has 142 valence electrons.